The van der Waals surface area contributed by atoms with Crippen molar-refractivity contribution in [3.05, 3.63) is 0 Å². The highest BCUT2D eigenvalue weighted by Gasteiger charge is 2.38. The molecule has 0 aromatic rings. The van der Waals surface area contributed by atoms with Crippen LogP contribution in [0, 0.1) is 5.92 Å². The Morgan fingerprint density at radius 1 is 1.17 bits per heavy atom. The molecule has 2 aliphatic rings. The van der Waals surface area contributed by atoms with Crippen LogP contribution in [-0.2, 0) is 4.74 Å². The van der Waals surface area contributed by atoms with Gasteiger partial charge in [-0.25, -0.2) is 0 Å². The summed E-state index contributed by atoms with van der Waals surface area (Å²) in [6.45, 7) is 15.6. The summed E-state index contributed by atoms with van der Waals surface area (Å²) in [5.74, 6) is 0.718. The van der Waals surface area contributed by atoms with Crippen LogP contribution in [0.3, 0.4) is 0 Å². The third-order valence-corrected chi connectivity index (χ3v) is 3.66. The lowest BCUT2D eigenvalue weighted by molar-refractivity contribution is -0.181. The normalized spacial score (nSPS) is 29.2. The number of morpholine rings is 1. The number of rotatable bonds is 5. The zero-order valence-electron chi connectivity index (χ0n) is 12.8. The Morgan fingerprint density at radius 2 is 1.72 bits per heavy atom. The average Bonchev–Trinajstić information content (AvgIpc) is 2.92. The number of hydrogen-bond acceptors (Lipinski definition) is 3. The van der Waals surface area contributed by atoms with Gasteiger partial charge in [0.15, 0.2) is 0 Å². The van der Waals surface area contributed by atoms with Gasteiger partial charge >= 0.3 is 0 Å². The molecule has 3 heteroatoms. The van der Waals surface area contributed by atoms with Gasteiger partial charge in [-0.05, 0) is 53.0 Å². The fourth-order valence-electron chi connectivity index (χ4n) is 3.24. The summed E-state index contributed by atoms with van der Waals surface area (Å²) in [6, 6.07) is 0.824. The van der Waals surface area contributed by atoms with E-state index in [1.807, 2.05) is 0 Å². The smallest absolute Gasteiger partial charge is 0.0760 e. The minimum atomic E-state index is -0.0224. The second-order valence-electron chi connectivity index (χ2n) is 7.58. The average molecular weight is 254 g/mol. The predicted octanol–water partition coefficient (Wildman–Crippen LogP) is 2.26. The molecule has 1 saturated heterocycles. The van der Waals surface area contributed by atoms with Gasteiger partial charge in [0.25, 0.3) is 0 Å². The highest BCUT2D eigenvalue weighted by molar-refractivity contribution is 4.90. The lowest BCUT2D eigenvalue weighted by Crippen LogP contribution is -2.58. The van der Waals surface area contributed by atoms with Gasteiger partial charge in [-0.15, -0.1) is 0 Å². The molecule has 0 spiro atoms. The van der Waals surface area contributed by atoms with Gasteiger partial charge in [0.05, 0.1) is 11.2 Å². The van der Waals surface area contributed by atoms with Crippen molar-refractivity contribution in [2.75, 3.05) is 26.2 Å². The maximum Gasteiger partial charge on any atom is 0.0760 e. The summed E-state index contributed by atoms with van der Waals surface area (Å²) >= 11 is 0. The Labute approximate surface area is 112 Å². The van der Waals surface area contributed by atoms with Crippen molar-refractivity contribution < 1.29 is 4.74 Å². The molecule has 1 atom stereocenters. The zero-order chi connectivity index (χ0) is 13.4. The molecule has 106 valence electrons. The van der Waals surface area contributed by atoms with E-state index >= 15 is 0 Å². The largest absolute Gasteiger partial charge is 0.367 e. The summed E-state index contributed by atoms with van der Waals surface area (Å²) in [5.41, 5.74) is -0.0449. The Bertz CT molecular complexity index is 268. The van der Waals surface area contributed by atoms with Crippen molar-refractivity contribution in [1.29, 1.82) is 0 Å². The minimum absolute atomic E-state index is 0.0224. The first-order chi connectivity index (χ1) is 8.26. The van der Waals surface area contributed by atoms with Gasteiger partial charge in [-0.2, -0.15) is 0 Å². The lowest BCUT2D eigenvalue weighted by Gasteiger charge is -2.47. The van der Waals surface area contributed by atoms with Crippen molar-refractivity contribution in [3.63, 3.8) is 0 Å². The van der Waals surface area contributed by atoms with E-state index in [2.05, 4.69) is 44.8 Å². The first kappa shape index (κ1) is 14.3. The molecular weight excluding hydrogens is 224 g/mol. The number of nitrogens with one attached hydrogen (secondary N) is 1. The highest BCUT2D eigenvalue weighted by atomic mass is 16.5. The third-order valence-electron chi connectivity index (χ3n) is 3.66. The molecule has 1 saturated carbocycles. The molecule has 0 amide bonds. The molecular formula is C15H30N2O. The molecule has 1 aliphatic carbocycles. The van der Waals surface area contributed by atoms with Crippen LogP contribution in [-0.4, -0.2) is 48.3 Å². The van der Waals surface area contributed by atoms with E-state index < -0.39 is 0 Å². The third kappa shape index (κ3) is 4.52. The van der Waals surface area contributed by atoms with Gasteiger partial charge in [-0.3, -0.25) is 4.90 Å². The maximum absolute atomic E-state index is 6.12. The Balaban J connectivity index is 1.79. The summed E-state index contributed by atoms with van der Waals surface area (Å²) < 4.78 is 6.12. The van der Waals surface area contributed by atoms with Gasteiger partial charge in [0, 0.05) is 25.7 Å². The Kier molecular flexibility index (Phi) is 4.05. The van der Waals surface area contributed by atoms with Gasteiger partial charge in [-0.1, -0.05) is 6.92 Å². The van der Waals surface area contributed by atoms with Crippen molar-refractivity contribution in [2.24, 2.45) is 5.92 Å². The molecule has 2 fully saturated rings. The van der Waals surface area contributed by atoms with E-state index in [0.717, 1.165) is 31.6 Å². The van der Waals surface area contributed by atoms with E-state index in [0.29, 0.717) is 0 Å². The van der Waals surface area contributed by atoms with Crippen molar-refractivity contribution in [2.45, 2.75) is 64.7 Å². The van der Waals surface area contributed by atoms with Crippen LogP contribution < -0.4 is 5.32 Å². The minimum Gasteiger partial charge on any atom is -0.367 e. The Hall–Kier alpha value is -0.120. The summed E-state index contributed by atoms with van der Waals surface area (Å²) in [5, 5.41) is 3.63. The first-order valence-corrected chi connectivity index (χ1v) is 7.42. The summed E-state index contributed by atoms with van der Waals surface area (Å²) in [6.07, 6.45) is 2.76. The predicted molar refractivity (Wildman–Crippen MR) is 75.9 cm³/mol. The molecule has 0 aromatic heterocycles. The molecule has 0 aromatic carbocycles. The second kappa shape index (κ2) is 5.10. The van der Waals surface area contributed by atoms with E-state index in [-0.39, 0.29) is 11.2 Å². The van der Waals surface area contributed by atoms with Crippen LogP contribution >= 0.6 is 0 Å². The summed E-state index contributed by atoms with van der Waals surface area (Å²) in [4.78, 5) is 2.57. The summed E-state index contributed by atoms with van der Waals surface area (Å²) in [7, 11) is 0. The zero-order valence-corrected chi connectivity index (χ0v) is 12.8. The van der Waals surface area contributed by atoms with Crippen molar-refractivity contribution >= 4 is 0 Å². The van der Waals surface area contributed by atoms with Gasteiger partial charge in [0.1, 0.15) is 0 Å². The fraction of sp³-hybridized carbons (Fsp3) is 1.00. The highest BCUT2D eigenvalue weighted by Crippen LogP contribution is 2.28. The van der Waals surface area contributed by atoms with E-state index in [4.69, 9.17) is 4.74 Å². The number of nitrogens with zero attached hydrogens (tertiary/aromatic N) is 1. The maximum atomic E-state index is 6.12. The monoisotopic (exact) mass is 254 g/mol. The molecule has 1 N–H and O–H groups in total. The Morgan fingerprint density at radius 3 is 2.22 bits per heavy atom. The SMILES string of the molecule is CC(CNC1CC1)CN1CC(C)(C)OC(C)(C)C1. The van der Waals surface area contributed by atoms with Crippen LogP contribution in [0.5, 0.6) is 0 Å². The van der Waals surface area contributed by atoms with Crippen LogP contribution in [0.2, 0.25) is 0 Å². The molecule has 1 aliphatic heterocycles. The quantitative estimate of drug-likeness (QED) is 0.814. The van der Waals surface area contributed by atoms with E-state index in [1.54, 1.807) is 0 Å². The fourth-order valence-corrected chi connectivity index (χ4v) is 3.24. The first-order valence-electron chi connectivity index (χ1n) is 7.42. The van der Waals surface area contributed by atoms with Crippen molar-refractivity contribution in [3.8, 4) is 0 Å². The number of ether oxygens (including phenoxy) is 1. The molecule has 1 unspecified atom stereocenters. The van der Waals surface area contributed by atoms with Crippen LogP contribution in [0.4, 0.5) is 0 Å². The van der Waals surface area contributed by atoms with Gasteiger partial charge < -0.3 is 10.1 Å². The van der Waals surface area contributed by atoms with Crippen LogP contribution in [0.1, 0.15) is 47.5 Å². The standard InChI is InChI=1S/C15H30N2O/c1-12(8-16-13-6-7-13)9-17-10-14(2,3)18-15(4,5)11-17/h12-13,16H,6-11H2,1-5H3. The topological polar surface area (TPSA) is 24.5 Å². The van der Waals surface area contributed by atoms with Crippen molar-refractivity contribution in [1.82, 2.24) is 10.2 Å². The molecule has 0 bridgehead atoms. The molecule has 3 nitrogen and oxygen atoms in total. The van der Waals surface area contributed by atoms with Crippen LogP contribution in [0.25, 0.3) is 0 Å². The second-order valence-corrected chi connectivity index (χ2v) is 7.58. The molecule has 18 heavy (non-hydrogen) atoms. The van der Waals surface area contributed by atoms with E-state index in [9.17, 15) is 0 Å². The lowest BCUT2D eigenvalue weighted by atomic mass is 9.97. The molecule has 2 rings (SSSR count). The van der Waals surface area contributed by atoms with Gasteiger partial charge in [0.2, 0.25) is 0 Å². The van der Waals surface area contributed by atoms with E-state index in [1.165, 1.54) is 19.4 Å². The molecule has 1 heterocycles. The molecule has 0 radical (unpaired) electrons. The number of hydrogen-bond donors (Lipinski definition) is 1. The van der Waals surface area contributed by atoms with Crippen LogP contribution in [0.15, 0.2) is 0 Å².